The van der Waals surface area contributed by atoms with E-state index in [1.807, 2.05) is 6.92 Å². The topological polar surface area (TPSA) is 67.5 Å². The van der Waals surface area contributed by atoms with Crippen molar-refractivity contribution in [1.82, 2.24) is 0 Å². The Bertz CT molecular complexity index is 610. The summed E-state index contributed by atoms with van der Waals surface area (Å²) in [6.45, 7) is 1.83. The minimum absolute atomic E-state index is 0.258. The van der Waals surface area contributed by atoms with Gasteiger partial charge in [0.1, 0.15) is 0 Å². The lowest BCUT2D eigenvalue weighted by Crippen LogP contribution is -2.10. The number of aryl methyl sites for hydroxylation is 1. The molecular formula is C12H10O4. The zero-order valence-corrected chi connectivity index (χ0v) is 8.69. The van der Waals surface area contributed by atoms with Crippen molar-refractivity contribution >= 4 is 16.7 Å². The van der Waals surface area contributed by atoms with Crippen molar-refractivity contribution in [1.29, 1.82) is 0 Å². The first-order valence-corrected chi connectivity index (χ1v) is 4.93. The number of rotatable bonds is 2. The molecule has 0 fully saturated rings. The average Bonchev–Trinajstić information content (AvgIpc) is 2.29. The molecular weight excluding hydrogens is 208 g/mol. The Morgan fingerprint density at radius 1 is 1.31 bits per heavy atom. The minimum atomic E-state index is -1.21. The van der Waals surface area contributed by atoms with Crippen LogP contribution in [-0.4, -0.2) is 11.1 Å². The van der Waals surface area contributed by atoms with Crippen LogP contribution in [0.25, 0.3) is 10.8 Å². The standard InChI is InChI=1S/C12H10O4/c1-2-7-8-5-3-4-6-9(8)12(15)16-10(7)11(13)14/h3-6H,2H2,1H3,(H,13,14). The van der Waals surface area contributed by atoms with Gasteiger partial charge >= 0.3 is 11.6 Å². The molecule has 4 nitrogen and oxygen atoms in total. The third kappa shape index (κ3) is 1.48. The quantitative estimate of drug-likeness (QED) is 0.837. The third-order valence-corrected chi connectivity index (χ3v) is 2.49. The molecule has 0 aliphatic rings. The second-order valence-electron chi connectivity index (χ2n) is 3.40. The van der Waals surface area contributed by atoms with Crippen molar-refractivity contribution < 1.29 is 14.3 Å². The highest BCUT2D eigenvalue weighted by Gasteiger charge is 2.17. The molecule has 0 unspecified atom stereocenters. The van der Waals surface area contributed by atoms with Gasteiger partial charge in [0.2, 0.25) is 5.76 Å². The second kappa shape index (κ2) is 3.81. The monoisotopic (exact) mass is 218 g/mol. The summed E-state index contributed by atoms with van der Waals surface area (Å²) >= 11 is 0. The molecule has 0 bridgehead atoms. The van der Waals surface area contributed by atoms with E-state index in [4.69, 9.17) is 9.52 Å². The van der Waals surface area contributed by atoms with Crippen LogP contribution < -0.4 is 5.63 Å². The average molecular weight is 218 g/mol. The van der Waals surface area contributed by atoms with E-state index < -0.39 is 11.6 Å². The zero-order chi connectivity index (χ0) is 11.7. The summed E-state index contributed by atoms with van der Waals surface area (Å²) < 4.78 is 4.82. The van der Waals surface area contributed by atoms with Crippen LogP contribution in [-0.2, 0) is 6.42 Å². The van der Waals surface area contributed by atoms with Crippen molar-refractivity contribution in [2.45, 2.75) is 13.3 Å². The van der Waals surface area contributed by atoms with E-state index in [2.05, 4.69) is 0 Å². The maximum Gasteiger partial charge on any atom is 0.372 e. The van der Waals surface area contributed by atoms with Gasteiger partial charge in [0, 0.05) is 5.56 Å². The molecule has 2 rings (SSSR count). The zero-order valence-electron chi connectivity index (χ0n) is 8.69. The molecule has 16 heavy (non-hydrogen) atoms. The van der Waals surface area contributed by atoms with Gasteiger partial charge in [-0.25, -0.2) is 9.59 Å². The summed E-state index contributed by atoms with van der Waals surface area (Å²) in [6.07, 6.45) is 0.506. The number of aromatic carboxylic acids is 1. The van der Waals surface area contributed by atoms with Crippen LogP contribution in [0.5, 0.6) is 0 Å². The van der Waals surface area contributed by atoms with Gasteiger partial charge in [0.15, 0.2) is 0 Å². The van der Waals surface area contributed by atoms with Crippen LogP contribution in [0.15, 0.2) is 33.5 Å². The lowest BCUT2D eigenvalue weighted by atomic mass is 10.0. The Labute approximate surface area is 91.1 Å². The van der Waals surface area contributed by atoms with Crippen LogP contribution in [0.4, 0.5) is 0 Å². The van der Waals surface area contributed by atoms with Crippen molar-refractivity contribution in [3.8, 4) is 0 Å². The molecule has 2 aromatic rings. The predicted octanol–water partition coefficient (Wildman–Crippen LogP) is 2.05. The first-order chi connectivity index (χ1) is 7.65. The van der Waals surface area contributed by atoms with Crippen molar-refractivity contribution in [2.75, 3.05) is 0 Å². The molecule has 0 saturated heterocycles. The summed E-state index contributed by atoms with van der Waals surface area (Å²) in [5.41, 5.74) is -0.0482. The molecule has 0 saturated carbocycles. The van der Waals surface area contributed by atoms with Crippen LogP contribution in [0.1, 0.15) is 23.0 Å². The molecule has 1 aromatic carbocycles. The van der Waals surface area contributed by atoms with Crippen LogP contribution >= 0.6 is 0 Å². The molecule has 0 aliphatic carbocycles. The molecule has 1 N–H and O–H groups in total. The Hall–Kier alpha value is -2.10. The molecule has 1 aromatic heterocycles. The SMILES string of the molecule is CCc1c(C(=O)O)oc(=O)c2ccccc12. The summed E-state index contributed by atoms with van der Waals surface area (Å²) in [6, 6.07) is 6.86. The van der Waals surface area contributed by atoms with Gasteiger partial charge < -0.3 is 9.52 Å². The number of fused-ring (bicyclic) bond motifs is 1. The highest BCUT2D eigenvalue weighted by atomic mass is 16.4. The summed E-state index contributed by atoms with van der Waals surface area (Å²) in [7, 11) is 0. The molecule has 0 radical (unpaired) electrons. The highest BCUT2D eigenvalue weighted by Crippen LogP contribution is 2.20. The van der Waals surface area contributed by atoms with Gasteiger partial charge in [-0.15, -0.1) is 0 Å². The smallest absolute Gasteiger partial charge is 0.372 e. The lowest BCUT2D eigenvalue weighted by molar-refractivity contribution is 0.0656. The van der Waals surface area contributed by atoms with Crippen LogP contribution in [0, 0.1) is 0 Å². The van der Waals surface area contributed by atoms with Crippen molar-refractivity contribution in [3.63, 3.8) is 0 Å². The fourth-order valence-corrected chi connectivity index (χ4v) is 1.78. The number of carbonyl (C=O) groups is 1. The Morgan fingerprint density at radius 2 is 1.94 bits per heavy atom. The first kappa shape index (κ1) is 10.4. The van der Waals surface area contributed by atoms with Gasteiger partial charge in [-0.3, -0.25) is 0 Å². The maximum atomic E-state index is 11.5. The summed E-state index contributed by atoms with van der Waals surface area (Å²) in [4.78, 5) is 22.5. The number of hydrogen-bond donors (Lipinski definition) is 1. The van der Waals surface area contributed by atoms with Gasteiger partial charge in [-0.2, -0.15) is 0 Å². The van der Waals surface area contributed by atoms with E-state index in [0.717, 1.165) is 0 Å². The van der Waals surface area contributed by atoms with Crippen LogP contribution in [0.3, 0.4) is 0 Å². The number of hydrogen-bond acceptors (Lipinski definition) is 3. The van der Waals surface area contributed by atoms with E-state index in [9.17, 15) is 9.59 Å². The second-order valence-corrected chi connectivity index (χ2v) is 3.40. The number of benzene rings is 1. The van der Waals surface area contributed by atoms with E-state index in [1.165, 1.54) is 0 Å². The van der Waals surface area contributed by atoms with E-state index in [0.29, 0.717) is 22.8 Å². The highest BCUT2D eigenvalue weighted by molar-refractivity contribution is 5.94. The van der Waals surface area contributed by atoms with E-state index >= 15 is 0 Å². The molecule has 82 valence electrons. The largest absolute Gasteiger partial charge is 0.475 e. The summed E-state index contributed by atoms with van der Waals surface area (Å²) in [5.74, 6) is -1.47. The Balaban J connectivity index is 2.96. The van der Waals surface area contributed by atoms with Crippen molar-refractivity contribution in [3.05, 3.63) is 46.0 Å². The molecule has 0 aliphatic heterocycles. The fourth-order valence-electron chi connectivity index (χ4n) is 1.78. The molecule has 4 heteroatoms. The Kier molecular flexibility index (Phi) is 2.48. The predicted molar refractivity (Wildman–Crippen MR) is 58.8 cm³/mol. The maximum absolute atomic E-state index is 11.5. The Morgan fingerprint density at radius 3 is 2.50 bits per heavy atom. The van der Waals surface area contributed by atoms with Crippen molar-refractivity contribution in [2.24, 2.45) is 0 Å². The minimum Gasteiger partial charge on any atom is -0.475 e. The first-order valence-electron chi connectivity index (χ1n) is 4.93. The molecule has 1 heterocycles. The molecule has 0 atom stereocenters. The third-order valence-electron chi connectivity index (χ3n) is 2.49. The van der Waals surface area contributed by atoms with Gasteiger partial charge in [-0.1, -0.05) is 25.1 Å². The summed E-state index contributed by atoms with van der Waals surface area (Å²) in [5, 5.41) is 10.0. The van der Waals surface area contributed by atoms with Gasteiger partial charge in [0.25, 0.3) is 0 Å². The number of carboxylic acid groups (broad SMARTS) is 1. The molecule has 0 amide bonds. The normalized spacial score (nSPS) is 10.6. The molecule has 0 spiro atoms. The fraction of sp³-hybridized carbons (Fsp3) is 0.167. The van der Waals surface area contributed by atoms with E-state index in [1.54, 1.807) is 24.3 Å². The van der Waals surface area contributed by atoms with Gasteiger partial charge in [0.05, 0.1) is 5.39 Å². The van der Waals surface area contributed by atoms with Gasteiger partial charge in [-0.05, 0) is 17.9 Å². The van der Waals surface area contributed by atoms with Crippen LogP contribution in [0.2, 0.25) is 0 Å². The lowest BCUT2D eigenvalue weighted by Gasteiger charge is -2.05. The number of carboxylic acids is 1. The van der Waals surface area contributed by atoms with E-state index in [-0.39, 0.29) is 5.76 Å².